The third-order valence-electron chi connectivity index (χ3n) is 4.97. The van der Waals surface area contributed by atoms with Gasteiger partial charge in [0.15, 0.2) is 0 Å². The number of H-pyrrole nitrogens is 1. The van der Waals surface area contributed by atoms with Crippen LogP contribution in [0.5, 0.6) is 0 Å². The smallest absolute Gasteiger partial charge is 0.258 e. The molecule has 134 valence electrons. The van der Waals surface area contributed by atoms with Crippen LogP contribution in [0.1, 0.15) is 35.9 Å². The number of rotatable bonds is 4. The Morgan fingerprint density at radius 3 is 2.92 bits per heavy atom. The van der Waals surface area contributed by atoms with E-state index in [4.69, 9.17) is 0 Å². The first-order valence-electron chi connectivity index (χ1n) is 8.36. The third kappa shape index (κ3) is 2.43. The van der Waals surface area contributed by atoms with Crippen LogP contribution in [0.15, 0.2) is 30.6 Å². The highest BCUT2D eigenvalue weighted by Crippen LogP contribution is 2.43. The van der Waals surface area contributed by atoms with Gasteiger partial charge in [-0.3, -0.25) is 24.4 Å². The number of benzene rings is 1. The topological polar surface area (TPSA) is 111 Å². The summed E-state index contributed by atoms with van der Waals surface area (Å²) in [5.41, 5.74) is 0.204. The predicted molar refractivity (Wildman–Crippen MR) is 90.8 cm³/mol. The lowest BCUT2D eigenvalue weighted by Gasteiger charge is -2.48. The molecule has 1 aromatic heterocycles. The summed E-state index contributed by atoms with van der Waals surface area (Å²) in [7, 11) is 0. The number of para-hydroxylation sites is 1. The van der Waals surface area contributed by atoms with Crippen LogP contribution < -0.4 is 10.2 Å². The minimum atomic E-state index is -0.841. The van der Waals surface area contributed by atoms with Crippen LogP contribution in [0, 0.1) is 0 Å². The van der Waals surface area contributed by atoms with E-state index in [0.717, 1.165) is 0 Å². The molecular formula is C17H18N6O3. The zero-order chi connectivity index (χ0) is 18.3. The third-order valence-corrected chi connectivity index (χ3v) is 4.97. The van der Waals surface area contributed by atoms with Crippen LogP contribution in [-0.2, 0) is 16.1 Å². The van der Waals surface area contributed by atoms with Gasteiger partial charge >= 0.3 is 0 Å². The Morgan fingerprint density at radius 1 is 1.35 bits per heavy atom. The van der Waals surface area contributed by atoms with Crippen molar-refractivity contribution in [1.29, 1.82) is 0 Å². The SMILES string of the molecule is CC12CCC(=O)N1c1ccccc1C(=O)N2CC(=O)NCc1ncn[nH]1. The van der Waals surface area contributed by atoms with E-state index in [1.807, 2.05) is 6.92 Å². The largest absolute Gasteiger partial charge is 0.347 e. The van der Waals surface area contributed by atoms with Gasteiger partial charge in [-0.15, -0.1) is 0 Å². The normalized spacial score (nSPS) is 21.6. The maximum atomic E-state index is 13.0. The highest BCUT2D eigenvalue weighted by molar-refractivity contribution is 6.11. The summed E-state index contributed by atoms with van der Waals surface area (Å²) in [5.74, 6) is -0.0874. The van der Waals surface area contributed by atoms with Crippen molar-refractivity contribution in [3.63, 3.8) is 0 Å². The van der Waals surface area contributed by atoms with Gasteiger partial charge in [0.1, 0.15) is 24.4 Å². The average Bonchev–Trinajstić information content (AvgIpc) is 3.25. The van der Waals surface area contributed by atoms with Crippen LogP contribution in [0.25, 0.3) is 0 Å². The lowest BCUT2D eigenvalue weighted by Crippen LogP contribution is -2.63. The number of fused-ring (bicyclic) bond motifs is 3. The van der Waals surface area contributed by atoms with Gasteiger partial charge in [0.05, 0.1) is 17.8 Å². The van der Waals surface area contributed by atoms with E-state index in [0.29, 0.717) is 29.9 Å². The second-order valence-electron chi connectivity index (χ2n) is 6.56. The van der Waals surface area contributed by atoms with Crippen LogP contribution in [0.4, 0.5) is 5.69 Å². The molecule has 0 radical (unpaired) electrons. The number of aromatic amines is 1. The molecule has 26 heavy (non-hydrogen) atoms. The molecule has 0 spiro atoms. The Kier molecular flexibility index (Phi) is 3.71. The number of anilines is 1. The summed E-state index contributed by atoms with van der Waals surface area (Å²) < 4.78 is 0. The fourth-order valence-corrected chi connectivity index (χ4v) is 3.64. The fraction of sp³-hybridized carbons (Fsp3) is 0.353. The molecule has 1 fully saturated rings. The Balaban J connectivity index is 1.60. The molecule has 3 amide bonds. The molecule has 1 saturated heterocycles. The quantitative estimate of drug-likeness (QED) is 0.827. The Morgan fingerprint density at radius 2 is 2.15 bits per heavy atom. The van der Waals surface area contributed by atoms with E-state index in [9.17, 15) is 14.4 Å². The van der Waals surface area contributed by atoms with E-state index in [2.05, 4.69) is 20.5 Å². The Bertz CT molecular complexity index is 880. The van der Waals surface area contributed by atoms with Crippen molar-refractivity contribution in [2.45, 2.75) is 32.0 Å². The molecule has 0 bridgehead atoms. The van der Waals surface area contributed by atoms with Crippen molar-refractivity contribution in [3.8, 4) is 0 Å². The van der Waals surface area contributed by atoms with Crippen molar-refractivity contribution in [1.82, 2.24) is 25.4 Å². The van der Waals surface area contributed by atoms with Crippen LogP contribution in [0.2, 0.25) is 0 Å². The fourth-order valence-electron chi connectivity index (χ4n) is 3.64. The minimum absolute atomic E-state index is 0.0421. The maximum Gasteiger partial charge on any atom is 0.258 e. The Hall–Kier alpha value is -3.23. The molecule has 3 heterocycles. The van der Waals surface area contributed by atoms with Crippen molar-refractivity contribution in [3.05, 3.63) is 42.0 Å². The second-order valence-corrected chi connectivity index (χ2v) is 6.56. The summed E-state index contributed by atoms with van der Waals surface area (Å²) >= 11 is 0. The van der Waals surface area contributed by atoms with E-state index in [1.54, 1.807) is 29.2 Å². The zero-order valence-electron chi connectivity index (χ0n) is 14.2. The monoisotopic (exact) mass is 354 g/mol. The van der Waals surface area contributed by atoms with E-state index >= 15 is 0 Å². The first kappa shape index (κ1) is 16.2. The first-order valence-corrected chi connectivity index (χ1v) is 8.36. The number of nitrogens with zero attached hydrogens (tertiary/aromatic N) is 4. The number of hydrogen-bond acceptors (Lipinski definition) is 5. The summed E-state index contributed by atoms with van der Waals surface area (Å²) in [4.78, 5) is 45.0. The Labute approximate surface area is 149 Å². The molecule has 9 nitrogen and oxygen atoms in total. The number of aromatic nitrogens is 3. The molecule has 9 heteroatoms. The summed E-state index contributed by atoms with van der Waals surface area (Å²) in [6, 6.07) is 7.01. The van der Waals surface area contributed by atoms with E-state index in [-0.39, 0.29) is 30.8 Å². The van der Waals surface area contributed by atoms with Gasteiger partial charge in [0.25, 0.3) is 5.91 Å². The van der Waals surface area contributed by atoms with Gasteiger partial charge in [-0.2, -0.15) is 5.10 Å². The maximum absolute atomic E-state index is 13.0. The van der Waals surface area contributed by atoms with Crippen LogP contribution in [0.3, 0.4) is 0 Å². The molecule has 4 rings (SSSR count). The van der Waals surface area contributed by atoms with E-state index < -0.39 is 5.66 Å². The molecule has 1 unspecified atom stereocenters. The number of carbonyl (C=O) groups excluding carboxylic acids is 3. The van der Waals surface area contributed by atoms with Crippen LogP contribution >= 0.6 is 0 Å². The molecule has 1 aromatic carbocycles. The lowest BCUT2D eigenvalue weighted by atomic mass is 9.98. The number of carbonyl (C=O) groups is 3. The highest BCUT2D eigenvalue weighted by Gasteiger charge is 2.53. The lowest BCUT2D eigenvalue weighted by molar-refractivity contribution is -0.124. The molecule has 2 aliphatic rings. The van der Waals surface area contributed by atoms with Gasteiger partial charge in [-0.25, -0.2) is 4.98 Å². The number of nitrogens with one attached hydrogen (secondary N) is 2. The van der Waals surface area contributed by atoms with Gasteiger partial charge in [-0.05, 0) is 25.5 Å². The molecule has 2 N–H and O–H groups in total. The molecule has 0 aliphatic carbocycles. The average molecular weight is 354 g/mol. The molecular weight excluding hydrogens is 336 g/mol. The standard InChI is InChI=1S/C17H18N6O3/c1-17-7-6-15(25)23(17)12-5-3-2-4-11(12)16(26)22(17)9-14(24)18-8-13-19-10-20-21-13/h2-5,10H,6-9H2,1H3,(H,18,24)(H,19,20,21). The summed E-state index contributed by atoms with van der Waals surface area (Å²) in [6.07, 6.45) is 2.19. The number of hydrogen-bond donors (Lipinski definition) is 2. The molecule has 0 saturated carbocycles. The van der Waals surface area contributed by atoms with Crippen molar-refractivity contribution in [2.75, 3.05) is 11.4 Å². The predicted octanol–water partition coefficient (Wildman–Crippen LogP) is 0.420. The van der Waals surface area contributed by atoms with Gasteiger partial charge in [0, 0.05) is 6.42 Å². The highest BCUT2D eigenvalue weighted by atomic mass is 16.2. The van der Waals surface area contributed by atoms with Crippen molar-refractivity contribution in [2.24, 2.45) is 0 Å². The summed E-state index contributed by atoms with van der Waals surface area (Å²) in [6.45, 7) is 1.88. The van der Waals surface area contributed by atoms with E-state index in [1.165, 1.54) is 11.2 Å². The molecule has 2 aliphatic heterocycles. The van der Waals surface area contributed by atoms with Crippen molar-refractivity contribution >= 4 is 23.4 Å². The van der Waals surface area contributed by atoms with Gasteiger partial charge < -0.3 is 10.2 Å². The minimum Gasteiger partial charge on any atom is -0.347 e. The zero-order valence-corrected chi connectivity index (χ0v) is 14.2. The van der Waals surface area contributed by atoms with Gasteiger partial charge in [-0.1, -0.05) is 12.1 Å². The van der Waals surface area contributed by atoms with Crippen LogP contribution in [-0.4, -0.2) is 50.0 Å². The van der Waals surface area contributed by atoms with Gasteiger partial charge in [0.2, 0.25) is 11.8 Å². The molecule has 1 atom stereocenters. The van der Waals surface area contributed by atoms with Crippen molar-refractivity contribution < 1.29 is 14.4 Å². The summed E-state index contributed by atoms with van der Waals surface area (Å²) in [5, 5.41) is 9.09. The number of amides is 3. The first-order chi connectivity index (χ1) is 12.5. The second kappa shape index (κ2) is 5.94. The molecule has 2 aromatic rings.